The molecular weight excluding hydrogens is 248 g/mol. The number of hydrogen-bond donors (Lipinski definition) is 0. The van der Waals surface area contributed by atoms with Crippen LogP contribution in [0, 0.1) is 0 Å². The monoisotopic (exact) mass is 270 g/mol. The van der Waals surface area contributed by atoms with Gasteiger partial charge >= 0.3 is 0 Å². The van der Waals surface area contributed by atoms with Gasteiger partial charge in [-0.1, -0.05) is 6.07 Å². The number of pyridine rings is 1. The van der Waals surface area contributed by atoms with Gasteiger partial charge in [0.25, 0.3) is 0 Å². The fraction of sp³-hybridized carbons (Fsp3) is 0.615. The van der Waals surface area contributed by atoms with Gasteiger partial charge in [0.05, 0.1) is 0 Å². The molecule has 0 aliphatic heterocycles. The van der Waals surface area contributed by atoms with Crippen LogP contribution in [0.15, 0.2) is 24.4 Å². The molecule has 0 bridgehead atoms. The van der Waals surface area contributed by atoms with Gasteiger partial charge in [-0.2, -0.15) is 23.5 Å². The average Bonchev–Trinajstić information content (AvgIpc) is 2.39. The molecule has 0 atom stereocenters. The van der Waals surface area contributed by atoms with Crippen molar-refractivity contribution in [3.63, 3.8) is 0 Å². The summed E-state index contributed by atoms with van der Waals surface area (Å²) in [5.74, 6) is 2.44. The van der Waals surface area contributed by atoms with Crippen LogP contribution < -0.4 is 0 Å². The Hall–Kier alpha value is -0.190. The second-order valence-electron chi connectivity index (χ2n) is 3.90. The Morgan fingerprint density at radius 2 is 1.76 bits per heavy atom. The summed E-state index contributed by atoms with van der Waals surface area (Å²) in [4.78, 5) is 6.92. The van der Waals surface area contributed by atoms with Crippen molar-refractivity contribution < 1.29 is 0 Å². The summed E-state index contributed by atoms with van der Waals surface area (Å²) >= 11 is 3.84. The molecule has 96 valence electrons. The van der Waals surface area contributed by atoms with Gasteiger partial charge in [0.15, 0.2) is 0 Å². The molecule has 0 N–H and O–H groups in total. The summed E-state index contributed by atoms with van der Waals surface area (Å²) in [6.07, 6.45) is 7.28. The fourth-order valence-corrected chi connectivity index (χ4v) is 2.48. The first-order valence-electron chi connectivity index (χ1n) is 5.97. The number of aromatic nitrogens is 1. The van der Waals surface area contributed by atoms with E-state index in [0.717, 1.165) is 13.0 Å². The zero-order valence-electron chi connectivity index (χ0n) is 10.8. The zero-order valence-corrected chi connectivity index (χ0v) is 12.4. The van der Waals surface area contributed by atoms with Gasteiger partial charge in [-0.05, 0) is 24.6 Å². The molecule has 0 fully saturated rings. The summed E-state index contributed by atoms with van der Waals surface area (Å²) < 4.78 is 0. The van der Waals surface area contributed by atoms with E-state index in [0.29, 0.717) is 0 Å². The molecule has 1 rings (SSSR count). The van der Waals surface area contributed by atoms with Crippen LogP contribution in [0.5, 0.6) is 0 Å². The van der Waals surface area contributed by atoms with Crippen molar-refractivity contribution in [3.8, 4) is 0 Å². The molecule has 0 saturated heterocycles. The predicted molar refractivity (Wildman–Crippen MR) is 81.1 cm³/mol. The molecular formula is C13H22N2S2. The lowest BCUT2D eigenvalue weighted by molar-refractivity contribution is 0.312. The van der Waals surface area contributed by atoms with E-state index >= 15 is 0 Å². The van der Waals surface area contributed by atoms with Gasteiger partial charge in [0, 0.05) is 49.5 Å². The highest BCUT2D eigenvalue weighted by Gasteiger charge is 2.04. The Bertz CT molecular complexity index is 272. The van der Waals surface area contributed by atoms with E-state index in [2.05, 4.69) is 34.5 Å². The van der Waals surface area contributed by atoms with Gasteiger partial charge in [0.2, 0.25) is 0 Å². The summed E-state index contributed by atoms with van der Waals surface area (Å²) in [5, 5.41) is 0. The summed E-state index contributed by atoms with van der Waals surface area (Å²) in [6.45, 7) is 3.50. The number of hydrogen-bond acceptors (Lipinski definition) is 4. The van der Waals surface area contributed by atoms with Crippen molar-refractivity contribution in [1.82, 2.24) is 9.88 Å². The van der Waals surface area contributed by atoms with Crippen LogP contribution in [0.4, 0.5) is 0 Å². The van der Waals surface area contributed by atoms with Crippen LogP contribution in [-0.2, 0) is 6.42 Å². The van der Waals surface area contributed by atoms with E-state index in [1.54, 1.807) is 0 Å². The van der Waals surface area contributed by atoms with Gasteiger partial charge in [-0.25, -0.2) is 0 Å². The average molecular weight is 270 g/mol. The fourth-order valence-electron chi connectivity index (χ4n) is 1.59. The van der Waals surface area contributed by atoms with Gasteiger partial charge in [-0.15, -0.1) is 0 Å². The second-order valence-corrected chi connectivity index (χ2v) is 5.87. The summed E-state index contributed by atoms with van der Waals surface area (Å²) in [6, 6.07) is 6.15. The normalized spacial score (nSPS) is 11.0. The quantitative estimate of drug-likeness (QED) is 0.685. The molecule has 1 heterocycles. The van der Waals surface area contributed by atoms with Crippen molar-refractivity contribution in [2.45, 2.75) is 6.42 Å². The Morgan fingerprint density at radius 1 is 1.06 bits per heavy atom. The van der Waals surface area contributed by atoms with Crippen LogP contribution in [0.2, 0.25) is 0 Å². The van der Waals surface area contributed by atoms with Gasteiger partial charge in [-0.3, -0.25) is 4.98 Å². The highest BCUT2D eigenvalue weighted by Crippen LogP contribution is 2.02. The van der Waals surface area contributed by atoms with E-state index < -0.39 is 0 Å². The summed E-state index contributed by atoms with van der Waals surface area (Å²) in [7, 11) is 0. The molecule has 0 aliphatic rings. The van der Waals surface area contributed by atoms with Crippen molar-refractivity contribution in [2.75, 3.05) is 43.7 Å². The maximum Gasteiger partial charge on any atom is 0.0416 e. The SMILES string of the molecule is CSCCN(CCSC)CCc1ccccn1. The third-order valence-corrected chi connectivity index (χ3v) is 3.82. The van der Waals surface area contributed by atoms with Crippen LogP contribution in [0.25, 0.3) is 0 Å². The van der Waals surface area contributed by atoms with Crippen molar-refractivity contribution in [1.29, 1.82) is 0 Å². The number of rotatable bonds is 9. The Kier molecular flexibility index (Phi) is 8.57. The molecule has 1 aromatic rings. The molecule has 0 amide bonds. The maximum atomic E-state index is 4.37. The zero-order chi connectivity index (χ0) is 12.3. The maximum absolute atomic E-state index is 4.37. The summed E-state index contributed by atoms with van der Waals surface area (Å²) in [5.41, 5.74) is 1.20. The van der Waals surface area contributed by atoms with Crippen molar-refractivity contribution in [3.05, 3.63) is 30.1 Å². The molecule has 17 heavy (non-hydrogen) atoms. The van der Waals surface area contributed by atoms with Crippen LogP contribution in [0.3, 0.4) is 0 Å². The van der Waals surface area contributed by atoms with E-state index in [-0.39, 0.29) is 0 Å². The lowest BCUT2D eigenvalue weighted by Gasteiger charge is -2.21. The highest BCUT2D eigenvalue weighted by atomic mass is 32.2. The van der Waals surface area contributed by atoms with Crippen LogP contribution in [-0.4, -0.2) is 53.5 Å². The Morgan fingerprint density at radius 3 is 2.29 bits per heavy atom. The lowest BCUT2D eigenvalue weighted by atomic mass is 10.2. The third kappa shape index (κ3) is 6.96. The molecule has 0 radical (unpaired) electrons. The standard InChI is InChI=1S/C13H22N2S2/c1-16-11-9-15(10-12-17-2)8-6-13-5-3-4-7-14-13/h3-5,7H,6,8-12H2,1-2H3. The molecule has 1 aromatic heterocycles. The topological polar surface area (TPSA) is 16.1 Å². The first kappa shape index (κ1) is 14.9. The predicted octanol–water partition coefficient (Wildman–Crippen LogP) is 2.65. The van der Waals surface area contributed by atoms with E-state index in [1.165, 1.54) is 30.3 Å². The van der Waals surface area contributed by atoms with Crippen molar-refractivity contribution >= 4 is 23.5 Å². The van der Waals surface area contributed by atoms with Gasteiger partial charge < -0.3 is 4.90 Å². The minimum Gasteiger partial charge on any atom is -0.301 e. The highest BCUT2D eigenvalue weighted by molar-refractivity contribution is 7.98. The molecule has 0 spiro atoms. The minimum atomic E-state index is 1.06. The molecule has 0 aromatic carbocycles. The Balaban J connectivity index is 2.31. The minimum absolute atomic E-state index is 1.06. The molecule has 0 unspecified atom stereocenters. The van der Waals surface area contributed by atoms with Crippen molar-refractivity contribution in [2.24, 2.45) is 0 Å². The molecule has 4 heteroatoms. The molecule has 0 aliphatic carbocycles. The van der Waals surface area contributed by atoms with Crippen LogP contribution >= 0.6 is 23.5 Å². The third-order valence-electron chi connectivity index (χ3n) is 2.63. The van der Waals surface area contributed by atoms with Crippen LogP contribution in [0.1, 0.15) is 5.69 Å². The van der Waals surface area contributed by atoms with E-state index in [4.69, 9.17) is 0 Å². The first-order valence-corrected chi connectivity index (χ1v) is 8.75. The van der Waals surface area contributed by atoms with Gasteiger partial charge in [0.1, 0.15) is 0 Å². The lowest BCUT2D eigenvalue weighted by Crippen LogP contribution is -2.30. The smallest absolute Gasteiger partial charge is 0.0416 e. The number of thioether (sulfide) groups is 2. The Labute approximate surface area is 114 Å². The molecule has 0 saturated carbocycles. The first-order chi connectivity index (χ1) is 8.36. The van der Waals surface area contributed by atoms with E-state index in [1.807, 2.05) is 35.8 Å². The molecule has 2 nitrogen and oxygen atoms in total. The second kappa shape index (κ2) is 9.80. The largest absolute Gasteiger partial charge is 0.301 e. The van der Waals surface area contributed by atoms with E-state index in [9.17, 15) is 0 Å². The number of nitrogens with zero attached hydrogens (tertiary/aromatic N) is 2.